The summed E-state index contributed by atoms with van der Waals surface area (Å²) in [7, 11) is 1.35. The van der Waals surface area contributed by atoms with Crippen LogP contribution in [0.3, 0.4) is 0 Å². The van der Waals surface area contributed by atoms with Crippen LogP contribution in [0.4, 0.5) is 5.69 Å². The minimum atomic E-state index is -0.980. The molecule has 7 nitrogen and oxygen atoms in total. The normalized spacial score (nSPS) is 15.7. The van der Waals surface area contributed by atoms with Gasteiger partial charge in [0.05, 0.1) is 25.0 Å². The number of amides is 1. The standard InChI is InChI=1S/C32H45NO6/c1-7-9-19-39-28(35)25(21-31(4,8-2)30(37)38-6)22-32(5,20-23(3)24-13-11-10-12-14-24)29(36)33-26-15-17-27(34)18-16-26/h10-18,23,25,34H,7-9,19-22H2,1-6H3,(H,33,36). The fourth-order valence-corrected chi connectivity index (χ4v) is 5.05. The van der Waals surface area contributed by atoms with E-state index in [1.807, 2.05) is 51.1 Å². The molecule has 0 aromatic heterocycles. The minimum absolute atomic E-state index is 0.0247. The van der Waals surface area contributed by atoms with Crippen LogP contribution in [-0.4, -0.2) is 36.7 Å². The van der Waals surface area contributed by atoms with Crippen LogP contribution in [-0.2, 0) is 23.9 Å². The quantitative estimate of drug-likeness (QED) is 0.146. The number of ether oxygens (including phenoxy) is 2. The molecular weight excluding hydrogens is 494 g/mol. The topological polar surface area (TPSA) is 102 Å². The highest BCUT2D eigenvalue weighted by molar-refractivity contribution is 5.95. The van der Waals surface area contributed by atoms with Gasteiger partial charge in [0.2, 0.25) is 5.91 Å². The summed E-state index contributed by atoms with van der Waals surface area (Å²) in [6, 6.07) is 16.2. The lowest BCUT2D eigenvalue weighted by Crippen LogP contribution is -2.41. The number of esters is 2. The molecule has 2 rings (SSSR count). The third kappa shape index (κ3) is 9.12. The molecule has 0 radical (unpaired) electrons. The van der Waals surface area contributed by atoms with Crippen molar-refractivity contribution in [1.29, 1.82) is 0 Å². The molecule has 0 saturated carbocycles. The van der Waals surface area contributed by atoms with E-state index in [-0.39, 0.29) is 36.4 Å². The number of nitrogens with one attached hydrogen (secondary N) is 1. The maximum Gasteiger partial charge on any atom is 0.311 e. The zero-order valence-corrected chi connectivity index (χ0v) is 24.3. The summed E-state index contributed by atoms with van der Waals surface area (Å²) in [6.45, 7) is 9.95. The number of anilines is 1. The van der Waals surface area contributed by atoms with E-state index in [9.17, 15) is 19.5 Å². The number of methoxy groups -OCH3 is 1. The van der Waals surface area contributed by atoms with Crippen molar-refractivity contribution in [3.63, 3.8) is 0 Å². The Labute approximate surface area is 233 Å². The summed E-state index contributed by atoms with van der Waals surface area (Å²) in [4.78, 5) is 40.1. The van der Waals surface area contributed by atoms with Crippen molar-refractivity contribution in [2.75, 3.05) is 19.0 Å². The molecule has 214 valence electrons. The molecule has 0 aliphatic carbocycles. The van der Waals surface area contributed by atoms with E-state index in [0.29, 0.717) is 25.1 Å². The molecule has 0 aliphatic rings. The van der Waals surface area contributed by atoms with Gasteiger partial charge in [-0.15, -0.1) is 0 Å². The van der Waals surface area contributed by atoms with Crippen molar-refractivity contribution in [1.82, 2.24) is 0 Å². The number of hydrogen-bond acceptors (Lipinski definition) is 6. The van der Waals surface area contributed by atoms with Gasteiger partial charge < -0.3 is 19.9 Å². The van der Waals surface area contributed by atoms with Crippen molar-refractivity contribution < 1.29 is 29.0 Å². The number of carbonyl (C=O) groups is 3. The highest BCUT2D eigenvalue weighted by Crippen LogP contribution is 2.42. The molecule has 1 amide bonds. The van der Waals surface area contributed by atoms with Gasteiger partial charge in [0, 0.05) is 11.1 Å². The lowest BCUT2D eigenvalue weighted by atomic mass is 9.69. The van der Waals surface area contributed by atoms with Crippen molar-refractivity contribution in [3.8, 4) is 5.75 Å². The molecule has 2 aromatic carbocycles. The zero-order valence-electron chi connectivity index (χ0n) is 24.3. The summed E-state index contributed by atoms with van der Waals surface area (Å²) in [5, 5.41) is 12.6. The van der Waals surface area contributed by atoms with Gasteiger partial charge >= 0.3 is 11.9 Å². The Kier molecular flexibility index (Phi) is 12.0. The minimum Gasteiger partial charge on any atom is -0.508 e. The molecule has 2 aromatic rings. The van der Waals surface area contributed by atoms with Crippen molar-refractivity contribution in [2.24, 2.45) is 16.7 Å². The van der Waals surface area contributed by atoms with Crippen molar-refractivity contribution >= 4 is 23.5 Å². The molecular formula is C32H45NO6. The predicted molar refractivity (Wildman–Crippen MR) is 153 cm³/mol. The first kappa shape index (κ1) is 31.9. The molecule has 0 saturated heterocycles. The third-order valence-electron chi connectivity index (χ3n) is 7.73. The van der Waals surface area contributed by atoms with Gasteiger partial charge in [-0.2, -0.15) is 0 Å². The van der Waals surface area contributed by atoms with E-state index in [1.54, 1.807) is 19.1 Å². The maximum absolute atomic E-state index is 13.9. The smallest absolute Gasteiger partial charge is 0.311 e. The van der Waals surface area contributed by atoms with Gasteiger partial charge in [-0.05, 0) is 74.8 Å². The maximum atomic E-state index is 13.9. The number of rotatable bonds is 15. The first-order valence-corrected chi connectivity index (χ1v) is 13.9. The Hall–Kier alpha value is -3.35. The number of hydrogen-bond donors (Lipinski definition) is 2. The van der Waals surface area contributed by atoms with Crippen LogP contribution in [0.5, 0.6) is 5.75 Å². The van der Waals surface area contributed by atoms with Gasteiger partial charge in [-0.25, -0.2) is 0 Å². The fraction of sp³-hybridized carbons (Fsp3) is 0.531. The molecule has 0 heterocycles. The number of unbranched alkanes of at least 4 members (excludes halogenated alkanes) is 1. The molecule has 0 spiro atoms. The van der Waals surface area contributed by atoms with Crippen LogP contribution in [0.15, 0.2) is 54.6 Å². The molecule has 0 fully saturated rings. The summed E-state index contributed by atoms with van der Waals surface area (Å²) < 4.78 is 10.7. The Morgan fingerprint density at radius 2 is 1.54 bits per heavy atom. The summed E-state index contributed by atoms with van der Waals surface area (Å²) in [5.41, 5.74) is -0.239. The lowest BCUT2D eigenvalue weighted by Gasteiger charge is -2.36. The van der Waals surface area contributed by atoms with E-state index in [0.717, 1.165) is 18.4 Å². The van der Waals surface area contributed by atoms with Crippen LogP contribution in [0.1, 0.15) is 84.6 Å². The first-order chi connectivity index (χ1) is 18.5. The summed E-state index contributed by atoms with van der Waals surface area (Å²) >= 11 is 0. The summed E-state index contributed by atoms with van der Waals surface area (Å²) in [6.07, 6.45) is 2.99. The van der Waals surface area contributed by atoms with Gasteiger partial charge in [-0.1, -0.05) is 64.4 Å². The van der Waals surface area contributed by atoms with Crippen LogP contribution in [0.25, 0.3) is 0 Å². The van der Waals surface area contributed by atoms with Crippen LogP contribution < -0.4 is 5.32 Å². The van der Waals surface area contributed by atoms with Gasteiger partial charge in [0.15, 0.2) is 0 Å². The zero-order chi connectivity index (χ0) is 29.1. The van der Waals surface area contributed by atoms with Crippen molar-refractivity contribution in [2.45, 2.75) is 79.1 Å². The number of phenols is 1. The molecule has 39 heavy (non-hydrogen) atoms. The van der Waals surface area contributed by atoms with E-state index in [4.69, 9.17) is 9.47 Å². The second-order valence-electron chi connectivity index (χ2n) is 11.1. The SMILES string of the molecule is CCCCOC(=O)C(CC(C)(CC(C)c1ccccc1)C(=O)Nc1ccc(O)cc1)CC(C)(CC)C(=O)OC. The number of carbonyl (C=O) groups excluding carboxylic acids is 3. The van der Waals surface area contributed by atoms with Gasteiger partial charge in [-0.3, -0.25) is 14.4 Å². The molecule has 2 N–H and O–H groups in total. The van der Waals surface area contributed by atoms with E-state index in [2.05, 4.69) is 12.2 Å². The molecule has 0 bridgehead atoms. The van der Waals surface area contributed by atoms with Crippen LogP contribution >= 0.6 is 0 Å². The predicted octanol–water partition coefficient (Wildman–Crippen LogP) is 6.86. The number of benzene rings is 2. The van der Waals surface area contributed by atoms with E-state index in [1.165, 1.54) is 19.2 Å². The van der Waals surface area contributed by atoms with Gasteiger partial charge in [0.25, 0.3) is 0 Å². The average molecular weight is 540 g/mol. The highest BCUT2D eigenvalue weighted by Gasteiger charge is 2.44. The lowest BCUT2D eigenvalue weighted by molar-refractivity contribution is -0.158. The average Bonchev–Trinajstić information content (AvgIpc) is 2.93. The highest BCUT2D eigenvalue weighted by atomic mass is 16.5. The van der Waals surface area contributed by atoms with Crippen LogP contribution in [0.2, 0.25) is 0 Å². The monoisotopic (exact) mass is 539 g/mol. The largest absolute Gasteiger partial charge is 0.508 e. The molecule has 4 atom stereocenters. The van der Waals surface area contributed by atoms with Crippen molar-refractivity contribution in [3.05, 3.63) is 60.2 Å². The second-order valence-corrected chi connectivity index (χ2v) is 11.1. The first-order valence-electron chi connectivity index (χ1n) is 13.9. The summed E-state index contributed by atoms with van der Waals surface area (Å²) in [5.74, 6) is -1.59. The molecule has 0 aliphatic heterocycles. The Morgan fingerprint density at radius 1 is 0.923 bits per heavy atom. The third-order valence-corrected chi connectivity index (χ3v) is 7.73. The Balaban J connectivity index is 2.46. The number of aromatic hydroxyl groups is 1. The van der Waals surface area contributed by atoms with Gasteiger partial charge in [0.1, 0.15) is 5.75 Å². The Bertz CT molecular complexity index is 1070. The Morgan fingerprint density at radius 3 is 2.10 bits per heavy atom. The number of phenolic OH excluding ortho intramolecular Hbond substituents is 1. The fourth-order valence-electron chi connectivity index (χ4n) is 5.05. The van der Waals surface area contributed by atoms with E-state index < -0.39 is 22.7 Å². The van der Waals surface area contributed by atoms with Crippen LogP contribution in [0, 0.1) is 16.7 Å². The second kappa shape index (κ2) is 14.7. The molecule has 4 unspecified atom stereocenters. The van der Waals surface area contributed by atoms with E-state index >= 15 is 0 Å². The molecule has 7 heteroatoms.